The van der Waals surface area contributed by atoms with Crippen LogP contribution in [0.3, 0.4) is 0 Å². The minimum absolute atomic E-state index is 0.00776. The molecule has 0 aromatic heterocycles. The van der Waals surface area contributed by atoms with Crippen molar-refractivity contribution in [3.05, 3.63) is 41.5 Å². The Balaban J connectivity index is 1.60. The van der Waals surface area contributed by atoms with Gasteiger partial charge < -0.3 is 5.32 Å². The van der Waals surface area contributed by atoms with E-state index in [4.69, 9.17) is 0 Å². The molecule has 9 heteroatoms. The molecule has 1 aromatic carbocycles. The molecule has 3 aliphatic carbocycles. The van der Waals surface area contributed by atoms with Crippen LogP contribution in [0, 0.1) is 40.4 Å². The molecule has 0 saturated heterocycles. The molecule has 4 rings (SSSR count). The summed E-state index contributed by atoms with van der Waals surface area (Å²) in [5.74, 6) is -0.0644. The zero-order valence-corrected chi connectivity index (χ0v) is 22.1. The normalized spacial score (nSPS) is 35.6. The zero-order chi connectivity index (χ0) is 28.3. The fraction of sp³-hybridized carbons (Fsp3) is 0.655. The van der Waals surface area contributed by atoms with Crippen molar-refractivity contribution in [2.24, 2.45) is 40.4 Å². The van der Waals surface area contributed by atoms with Gasteiger partial charge in [0.05, 0.1) is 16.8 Å². The molecule has 3 nitrogen and oxygen atoms in total. The Morgan fingerprint density at radius 2 is 1.63 bits per heavy atom. The Bertz CT molecular complexity index is 1130. The molecule has 7 atom stereocenters. The molecular formula is C29H35F6NO2. The number of fused-ring (bicyclic) bond motifs is 3. The second kappa shape index (κ2) is 9.70. The van der Waals surface area contributed by atoms with E-state index in [1.807, 2.05) is 13.0 Å². The van der Waals surface area contributed by atoms with Crippen LogP contribution in [0.5, 0.6) is 0 Å². The fourth-order valence-corrected chi connectivity index (χ4v) is 7.89. The summed E-state index contributed by atoms with van der Waals surface area (Å²) < 4.78 is 80.5. The quantitative estimate of drug-likeness (QED) is 0.307. The zero-order valence-electron chi connectivity index (χ0n) is 22.1. The Kier molecular flexibility index (Phi) is 7.32. The van der Waals surface area contributed by atoms with Gasteiger partial charge in [0.25, 0.3) is 0 Å². The van der Waals surface area contributed by atoms with E-state index in [1.54, 1.807) is 6.08 Å². The fourth-order valence-electron chi connectivity index (χ4n) is 7.89. The number of carbonyl (C=O) groups is 2. The predicted octanol–water partition coefficient (Wildman–Crippen LogP) is 8.30. The highest BCUT2D eigenvalue weighted by Gasteiger charge is 2.60. The molecule has 0 spiro atoms. The van der Waals surface area contributed by atoms with E-state index in [9.17, 15) is 35.9 Å². The van der Waals surface area contributed by atoms with Gasteiger partial charge in [-0.2, -0.15) is 26.3 Å². The van der Waals surface area contributed by atoms with E-state index in [2.05, 4.69) is 19.2 Å². The second-order valence-electron chi connectivity index (χ2n) is 12.1. The number of rotatable bonds is 4. The van der Waals surface area contributed by atoms with Crippen molar-refractivity contribution in [1.29, 1.82) is 0 Å². The van der Waals surface area contributed by atoms with Gasteiger partial charge >= 0.3 is 12.4 Å². The number of hydrogen-bond donors (Lipinski definition) is 1. The van der Waals surface area contributed by atoms with E-state index in [1.165, 1.54) is 6.92 Å². The van der Waals surface area contributed by atoms with Crippen LogP contribution in [0.25, 0.3) is 0 Å². The minimum atomic E-state index is -4.91. The summed E-state index contributed by atoms with van der Waals surface area (Å²) >= 11 is 0. The number of alkyl halides is 6. The number of ketones is 1. The van der Waals surface area contributed by atoms with Crippen molar-refractivity contribution >= 4 is 17.4 Å². The van der Waals surface area contributed by atoms with Crippen LogP contribution in [-0.4, -0.2) is 11.7 Å². The smallest absolute Gasteiger partial charge is 0.325 e. The van der Waals surface area contributed by atoms with Crippen molar-refractivity contribution in [2.75, 3.05) is 5.32 Å². The first-order chi connectivity index (χ1) is 17.5. The number of allylic oxidation sites excluding steroid dienone is 2. The summed E-state index contributed by atoms with van der Waals surface area (Å²) in [6.07, 6.45) is -1.37. The monoisotopic (exact) mass is 543 g/mol. The molecule has 1 amide bonds. The molecule has 0 aliphatic heterocycles. The van der Waals surface area contributed by atoms with Crippen molar-refractivity contribution < 1.29 is 35.9 Å². The standard InChI is InChI=1S/C29H35F6NO2/c1-16-5-7-19-20-9-10-23(27(20,4)14-12-21(19)26(16,3)13-11-17(2)37)25(38)36-24-15-18(28(30,31)32)6-8-22(24)29(33,34)35/h6,8,11,13,15-16,19-21,23H,5,7,9-10,12,14H2,1-4H3,(H,36,38)/b13-11-/t16?,19?,20?,21?,23?,26-,27-/m0/s1. The summed E-state index contributed by atoms with van der Waals surface area (Å²) in [4.78, 5) is 25.1. The molecular weight excluding hydrogens is 508 g/mol. The van der Waals surface area contributed by atoms with Crippen LogP contribution >= 0.6 is 0 Å². The van der Waals surface area contributed by atoms with Crippen LogP contribution in [-0.2, 0) is 21.9 Å². The molecule has 1 aromatic rings. The summed E-state index contributed by atoms with van der Waals surface area (Å²) in [5.41, 5.74) is -4.03. The molecule has 210 valence electrons. The number of anilines is 1. The molecule has 38 heavy (non-hydrogen) atoms. The number of halogens is 6. The lowest BCUT2D eigenvalue weighted by atomic mass is 9.47. The molecule has 3 aliphatic rings. The topological polar surface area (TPSA) is 46.2 Å². The Hall–Kier alpha value is -2.32. The highest BCUT2D eigenvalue weighted by Crippen LogP contribution is 2.65. The summed E-state index contributed by atoms with van der Waals surface area (Å²) in [5, 5.41) is 2.25. The van der Waals surface area contributed by atoms with Crippen LogP contribution in [0.2, 0.25) is 0 Å². The van der Waals surface area contributed by atoms with Crippen LogP contribution in [0.4, 0.5) is 32.0 Å². The van der Waals surface area contributed by atoms with Gasteiger partial charge in [0, 0.05) is 5.92 Å². The van der Waals surface area contributed by atoms with E-state index >= 15 is 0 Å². The predicted molar refractivity (Wildman–Crippen MR) is 132 cm³/mol. The maximum absolute atomic E-state index is 13.6. The maximum atomic E-state index is 13.6. The van der Waals surface area contributed by atoms with Gasteiger partial charge in [0.2, 0.25) is 5.91 Å². The lowest BCUT2D eigenvalue weighted by molar-refractivity contribution is -0.141. The SMILES string of the molecule is CC(=O)/C=C\[C@@]1(C)C(C)CCC2C1CC[C@]1(C)C(C(=O)Nc3cc(C(F)(F)F)ccc3C(F)(F)F)CCC21. The first-order valence-corrected chi connectivity index (χ1v) is 13.3. The number of amides is 1. The third-order valence-corrected chi connectivity index (χ3v) is 10.1. The molecule has 0 heterocycles. The number of carbonyl (C=O) groups excluding carboxylic acids is 2. The first-order valence-electron chi connectivity index (χ1n) is 13.3. The van der Waals surface area contributed by atoms with Gasteiger partial charge in [-0.3, -0.25) is 9.59 Å². The van der Waals surface area contributed by atoms with E-state index in [0.717, 1.165) is 25.7 Å². The van der Waals surface area contributed by atoms with Crippen LogP contribution in [0.15, 0.2) is 30.4 Å². The molecule has 0 bridgehead atoms. The lowest BCUT2D eigenvalue weighted by Crippen LogP contribution is -2.51. The van der Waals surface area contributed by atoms with Gasteiger partial charge in [-0.05, 0) is 104 Å². The van der Waals surface area contributed by atoms with E-state index < -0.39 is 46.4 Å². The first kappa shape index (κ1) is 28.7. The van der Waals surface area contributed by atoms with Crippen LogP contribution in [0.1, 0.15) is 77.3 Å². The van der Waals surface area contributed by atoms with Gasteiger partial charge in [-0.15, -0.1) is 0 Å². The van der Waals surface area contributed by atoms with Gasteiger partial charge in [-0.25, -0.2) is 0 Å². The molecule has 0 radical (unpaired) electrons. The molecule has 1 N–H and O–H groups in total. The number of benzene rings is 1. The number of nitrogens with one attached hydrogen (secondary N) is 1. The Morgan fingerprint density at radius 1 is 0.947 bits per heavy atom. The Morgan fingerprint density at radius 3 is 2.24 bits per heavy atom. The third-order valence-electron chi connectivity index (χ3n) is 10.1. The van der Waals surface area contributed by atoms with Crippen LogP contribution < -0.4 is 5.32 Å². The maximum Gasteiger partial charge on any atom is 0.418 e. The third kappa shape index (κ3) is 5.02. The highest BCUT2D eigenvalue weighted by molar-refractivity contribution is 5.94. The van der Waals surface area contributed by atoms with Crippen molar-refractivity contribution in [3.63, 3.8) is 0 Å². The minimum Gasteiger partial charge on any atom is -0.325 e. The van der Waals surface area contributed by atoms with Gasteiger partial charge in [-0.1, -0.05) is 26.8 Å². The van der Waals surface area contributed by atoms with E-state index in [-0.39, 0.29) is 17.1 Å². The van der Waals surface area contributed by atoms with E-state index in [0.29, 0.717) is 48.8 Å². The Labute approximate surface area is 219 Å². The molecule has 3 fully saturated rings. The van der Waals surface area contributed by atoms with Gasteiger partial charge in [0.15, 0.2) is 5.78 Å². The average Bonchev–Trinajstić information content (AvgIpc) is 3.16. The molecule has 5 unspecified atom stereocenters. The highest BCUT2D eigenvalue weighted by atomic mass is 19.4. The average molecular weight is 544 g/mol. The van der Waals surface area contributed by atoms with Crippen molar-refractivity contribution in [2.45, 2.75) is 78.6 Å². The summed E-state index contributed by atoms with van der Waals surface area (Å²) in [6, 6.07) is 1.14. The summed E-state index contributed by atoms with van der Waals surface area (Å²) in [7, 11) is 0. The molecule has 3 saturated carbocycles. The number of hydrogen-bond acceptors (Lipinski definition) is 2. The largest absolute Gasteiger partial charge is 0.418 e. The summed E-state index contributed by atoms with van der Waals surface area (Å²) in [6.45, 7) is 7.94. The van der Waals surface area contributed by atoms with Crippen molar-refractivity contribution in [3.8, 4) is 0 Å². The van der Waals surface area contributed by atoms with Gasteiger partial charge in [0.1, 0.15) is 0 Å². The second-order valence-corrected chi connectivity index (χ2v) is 12.1. The lowest BCUT2D eigenvalue weighted by Gasteiger charge is -2.57. The van der Waals surface area contributed by atoms with Crippen molar-refractivity contribution in [1.82, 2.24) is 0 Å².